The van der Waals surface area contributed by atoms with Gasteiger partial charge in [0.25, 0.3) is 0 Å². The quantitative estimate of drug-likeness (QED) is 0.809. The van der Waals surface area contributed by atoms with Gasteiger partial charge in [0.1, 0.15) is 0 Å². The van der Waals surface area contributed by atoms with Crippen LogP contribution in [0.15, 0.2) is 23.1 Å². The van der Waals surface area contributed by atoms with E-state index in [0.29, 0.717) is 17.6 Å². The average molecular weight is 269 g/mol. The maximum absolute atomic E-state index is 11.9. The van der Waals surface area contributed by atoms with Crippen molar-refractivity contribution in [3.8, 4) is 0 Å². The van der Waals surface area contributed by atoms with E-state index >= 15 is 0 Å². The van der Waals surface area contributed by atoms with E-state index in [-0.39, 0.29) is 4.90 Å². The molecule has 0 spiro atoms. The van der Waals surface area contributed by atoms with E-state index in [2.05, 4.69) is 12.2 Å². The number of hydrogen-bond acceptors (Lipinski definition) is 4. The van der Waals surface area contributed by atoms with Gasteiger partial charge in [-0.2, -0.15) is 0 Å². The Labute approximate surface area is 108 Å². The highest BCUT2D eigenvalue weighted by Crippen LogP contribution is 2.35. The Kier molecular flexibility index (Phi) is 3.25. The van der Waals surface area contributed by atoms with Crippen LogP contribution in [-0.4, -0.2) is 32.9 Å². The molecular weight excluding hydrogens is 250 g/mol. The van der Waals surface area contributed by atoms with Crippen molar-refractivity contribution in [2.24, 2.45) is 5.92 Å². The molecule has 2 atom stereocenters. The predicted octanol–water partition coefficient (Wildman–Crippen LogP) is 1.34. The molecule has 1 saturated carbocycles. The molecule has 0 bridgehead atoms. The van der Waals surface area contributed by atoms with Gasteiger partial charge in [-0.3, -0.25) is 0 Å². The first-order valence-electron chi connectivity index (χ1n) is 5.91. The summed E-state index contributed by atoms with van der Waals surface area (Å²) in [6, 6.07) is 5.28. The standard InChI is InChI=1S/C12H19N3O2S/c1-8-6-12(8)14-11-5-4-9(7-10(11)13)18(16,17)15(2)3/h4-5,7-8,12,14H,6,13H2,1-3H3. The number of nitrogen functional groups attached to an aromatic ring is 1. The zero-order chi connectivity index (χ0) is 13.5. The van der Waals surface area contributed by atoms with Crippen LogP contribution in [0.1, 0.15) is 13.3 Å². The molecule has 0 radical (unpaired) electrons. The summed E-state index contributed by atoms with van der Waals surface area (Å²) in [6.07, 6.45) is 1.14. The molecule has 18 heavy (non-hydrogen) atoms. The van der Waals surface area contributed by atoms with Gasteiger partial charge < -0.3 is 11.1 Å². The maximum Gasteiger partial charge on any atom is 0.242 e. The summed E-state index contributed by atoms with van der Waals surface area (Å²) in [5.74, 6) is 0.662. The highest BCUT2D eigenvalue weighted by Gasteiger charge is 2.32. The first-order chi connectivity index (χ1) is 8.32. The lowest BCUT2D eigenvalue weighted by Crippen LogP contribution is -2.22. The largest absolute Gasteiger partial charge is 0.397 e. The van der Waals surface area contributed by atoms with Crippen LogP contribution in [0.3, 0.4) is 0 Å². The normalized spacial score (nSPS) is 23.1. The topological polar surface area (TPSA) is 75.4 Å². The number of nitrogens with zero attached hydrogens (tertiary/aromatic N) is 1. The molecule has 0 saturated heterocycles. The lowest BCUT2D eigenvalue weighted by Gasteiger charge is -2.14. The zero-order valence-corrected chi connectivity index (χ0v) is 11.7. The molecule has 3 N–H and O–H groups in total. The summed E-state index contributed by atoms with van der Waals surface area (Å²) in [5, 5.41) is 3.31. The molecule has 6 heteroatoms. The van der Waals surface area contributed by atoms with Crippen LogP contribution in [-0.2, 0) is 10.0 Å². The maximum atomic E-state index is 11.9. The van der Waals surface area contributed by atoms with Crippen molar-refractivity contribution >= 4 is 21.4 Å². The van der Waals surface area contributed by atoms with Gasteiger partial charge in [-0.25, -0.2) is 12.7 Å². The summed E-state index contributed by atoms with van der Waals surface area (Å²) in [4.78, 5) is 0.222. The first kappa shape index (κ1) is 13.2. The number of nitrogens with two attached hydrogens (primary N) is 1. The fraction of sp³-hybridized carbons (Fsp3) is 0.500. The van der Waals surface area contributed by atoms with Crippen molar-refractivity contribution < 1.29 is 8.42 Å². The van der Waals surface area contributed by atoms with Gasteiger partial charge in [-0.15, -0.1) is 0 Å². The monoisotopic (exact) mass is 269 g/mol. The smallest absolute Gasteiger partial charge is 0.242 e. The molecule has 1 aromatic rings. The van der Waals surface area contributed by atoms with Gasteiger partial charge in [-0.1, -0.05) is 6.92 Å². The lowest BCUT2D eigenvalue weighted by atomic mass is 10.2. The van der Waals surface area contributed by atoms with Crippen molar-refractivity contribution in [1.29, 1.82) is 0 Å². The van der Waals surface area contributed by atoms with Gasteiger partial charge in [0, 0.05) is 20.1 Å². The predicted molar refractivity (Wildman–Crippen MR) is 72.9 cm³/mol. The Morgan fingerprint density at radius 2 is 2.00 bits per heavy atom. The van der Waals surface area contributed by atoms with Crippen LogP contribution in [0.4, 0.5) is 11.4 Å². The van der Waals surface area contributed by atoms with Gasteiger partial charge in [0.2, 0.25) is 10.0 Å². The van der Waals surface area contributed by atoms with E-state index in [1.807, 2.05) is 0 Å². The van der Waals surface area contributed by atoms with Crippen molar-refractivity contribution in [1.82, 2.24) is 4.31 Å². The highest BCUT2D eigenvalue weighted by atomic mass is 32.2. The molecule has 0 amide bonds. The molecule has 100 valence electrons. The zero-order valence-electron chi connectivity index (χ0n) is 10.8. The van der Waals surface area contributed by atoms with E-state index in [0.717, 1.165) is 12.1 Å². The minimum Gasteiger partial charge on any atom is -0.397 e. The van der Waals surface area contributed by atoms with E-state index in [1.54, 1.807) is 12.1 Å². The number of hydrogen-bond donors (Lipinski definition) is 2. The van der Waals surface area contributed by atoms with Crippen LogP contribution in [0.2, 0.25) is 0 Å². The first-order valence-corrected chi connectivity index (χ1v) is 7.35. The molecule has 2 rings (SSSR count). The molecule has 0 aliphatic heterocycles. The highest BCUT2D eigenvalue weighted by molar-refractivity contribution is 7.89. The van der Waals surface area contributed by atoms with Crippen molar-refractivity contribution in [2.45, 2.75) is 24.3 Å². The van der Waals surface area contributed by atoms with Crippen molar-refractivity contribution in [3.05, 3.63) is 18.2 Å². The molecule has 1 aliphatic rings. The van der Waals surface area contributed by atoms with E-state index < -0.39 is 10.0 Å². The van der Waals surface area contributed by atoms with Crippen LogP contribution in [0.25, 0.3) is 0 Å². The number of rotatable bonds is 4. The van der Waals surface area contributed by atoms with Crippen LogP contribution >= 0.6 is 0 Å². The number of benzene rings is 1. The second-order valence-corrected chi connectivity index (χ2v) is 7.15. The molecule has 1 fully saturated rings. The number of anilines is 2. The number of nitrogens with one attached hydrogen (secondary N) is 1. The Morgan fingerprint density at radius 3 is 2.44 bits per heavy atom. The third kappa shape index (κ3) is 2.44. The van der Waals surface area contributed by atoms with Crippen LogP contribution < -0.4 is 11.1 Å². The third-order valence-corrected chi connectivity index (χ3v) is 5.06. The van der Waals surface area contributed by atoms with Gasteiger partial charge in [0.05, 0.1) is 16.3 Å². The molecule has 1 aliphatic carbocycles. The van der Waals surface area contributed by atoms with Gasteiger partial charge in [0.15, 0.2) is 0 Å². The van der Waals surface area contributed by atoms with Gasteiger partial charge >= 0.3 is 0 Å². The minimum atomic E-state index is -3.41. The number of sulfonamides is 1. The second kappa shape index (κ2) is 4.44. The summed E-state index contributed by atoms with van der Waals surface area (Å²) in [7, 11) is -0.407. The Balaban J connectivity index is 2.25. The molecule has 1 aromatic carbocycles. The Bertz CT molecular complexity index is 554. The van der Waals surface area contributed by atoms with Crippen molar-refractivity contribution in [3.63, 3.8) is 0 Å². The lowest BCUT2D eigenvalue weighted by molar-refractivity contribution is 0.521. The molecule has 0 aromatic heterocycles. The third-order valence-electron chi connectivity index (χ3n) is 3.25. The molecule has 5 nitrogen and oxygen atoms in total. The average Bonchev–Trinajstić information content (AvgIpc) is 2.97. The van der Waals surface area contributed by atoms with E-state index in [9.17, 15) is 8.42 Å². The fourth-order valence-corrected chi connectivity index (χ4v) is 2.70. The molecular formula is C12H19N3O2S. The van der Waals surface area contributed by atoms with Crippen molar-refractivity contribution in [2.75, 3.05) is 25.1 Å². The Morgan fingerprint density at radius 1 is 1.39 bits per heavy atom. The SMILES string of the molecule is CC1CC1Nc1ccc(S(=O)(=O)N(C)C)cc1N. The fourth-order valence-electron chi connectivity index (χ4n) is 1.77. The second-order valence-electron chi connectivity index (χ2n) is 5.00. The Hall–Kier alpha value is -1.27. The van der Waals surface area contributed by atoms with E-state index in [1.165, 1.54) is 24.5 Å². The van der Waals surface area contributed by atoms with Crippen LogP contribution in [0, 0.1) is 5.92 Å². The molecule has 0 heterocycles. The molecule has 2 unspecified atom stereocenters. The van der Waals surface area contributed by atoms with E-state index in [4.69, 9.17) is 5.73 Å². The van der Waals surface area contributed by atoms with Crippen LogP contribution in [0.5, 0.6) is 0 Å². The van der Waals surface area contributed by atoms with Gasteiger partial charge in [-0.05, 0) is 30.5 Å². The summed E-state index contributed by atoms with van der Waals surface area (Å²) < 4.78 is 25.0. The minimum absolute atomic E-state index is 0.222. The summed E-state index contributed by atoms with van der Waals surface area (Å²) in [6.45, 7) is 2.17. The summed E-state index contributed by atoms with van der Waals surface area (Å²) in [5.41, 5.74) is 7.17. The summed E-state index contributed by atoms with van der Waals surface area (Å²) >= 11 is 0.